The maximum absolute atomic E-state index is 11.9. The summed E-state index contributed by atoms with van der Waals surface area (Å²) >= 11 is 0. The van der Waals surface area contributed by atoms with Crippen molar-refractivity contribution in [1.29, 1.82) is 0 Å². The highest BCUT2D eigenvalue weighted by Crippen LogP contribution is 2.16. The van der Waals surface area contributed by atoms with E-state index in [1.165, 1.54) is 4.57 Å². The number of rotatable bonds is 5. The summed E-state index contributed by atoms with van der Waals surface area (Å²) in [6.07, 6.45) is 0.937. The molecular formula is C12H21N5O3. The Hall–Kier alpha value is -1.80. The third-order valence-corrected chi connectivity index (χ3v) is 3.50. The van der Waals surface area contributed by atoms with Crippen LogP contribution in [0.4, 0.5) is 11.5 Å². The molecule has 0 saturated carbocycles. The van der Waals surface area contributed by atoms with Crippen LogP contribution in [0, 0.1) is 0 Å². The highest BCUT2D eigenvalue weighted by molar-refractivity contribution is 5.61. The van der Waals surface area contributed by atoms with Crippen LogP contribution < -0.4 is 22.3 Å². The first kappa shape index (κ1) is 14.6. The summed E-state index contributed by atoms with van der Waals surface area (Å²) in [5.41, 5.74) is 5.22. The number of hydrogen-bond acceptors (Lipinski definition) is 6. The fraction of sp³-hybridized carbons (Fsp3) is 0.667. The molecule has 0 aromatic carbocycles. The number of nitrogens with one attached hydrogen (secondary N) is 2. The summed E-state index contributed by atoms with van der Waals surface area (Å²) in [5.74, 6) is 0.158. The SMILES string of the molecule is COCCn1c(N)c(NC2CCN(C)C2)c(=O)[nH]c1=O. The summed E-state index contributed by atoms with van der Waals surface area (Å²) in [4.78, 5) is 28.1. The van der Waals surface area contributed by atoms with E-state index >= 15 is 0 Å². The van der Waals surface area contributed by atoms with E-state index in [1.54, 1.807) is 7.11 Å². The minimum Gasteiger partial charge on any atom is -0.383 e. The van der Waals surface area contributed by atoms with Gasteiger partial charge >= 0.3 is 5.69 Å². The van der Waals surface area contributed by atoms with Crippen molar-refractivity contribution in [3.63, 3.8) is 0 Å². The van der Waals surface area contributed by atoms with E-state index in [4.69, 9.17) is 10.5 Å². The molecule has 112 valence electrons. The fourth-order valence-corrected chi connectivity index (χ4v) is 2.39. The molecule has 1 unspecified atom stereocenters. The number of aromatic nitrogens is 2. The number of ether oxygens (including phenoxy) is 1. The molecule has 2 heterocycles. The van der Waals surface area contributed by atoms with Gasteiger partial charge in [-0.1, -0.05) is 0 Å². The van der Waals surface area contributed by atoms with Gasteiger partial charge in [-0.3, -0.25) is 14.3 Å². The van der Waals surface area contributed by atoms with Crippen LogP contribution in [0.3, 0.4) is 0 Å². The van der Waals surface area contributed by atoms with Gasteiger partial charge in [0.25, 0.3) is 5.56 Å². The minimum atomic E-state index is -0.515. The third-order valence-electron chi connectivity index (χ3n) is 3.50. The Labute approximate surface area is 116 Å². The lowest BCUT2D eigenvalue weighted by Gasteiger charge is -2.17. The third kappa shape index (κ3) is 3.02. The Balaban J connectivity index is 2.27. The molecule has 1 atom stereocenters. The van der Waals surface area contributed by atoms with E-state index in [9.17, 15) is 9.59 Å². The van der Waals surface area contributed by atoms with Gasteiger partial charge in [0.2, 0.25) is 0 Å². The number of likely N-dealkylation sites (tertiary alicyclic amines) is 1. The molecule has 1 saturated heterocycles. The van der Waals surface area contributed by atoms with Gasteiger partial charge in [-0.15, -0.1) is 0 Å². The lowest BCUT2D eigenvalue weighted by atomic mass is 10.2. The molecule has 2 rings (SSSR count). The van der Waals surface area contributed by atoms with Crippen molar-refractivity contribution in [2.75, 3.05) is 44.9 Å². The van der Waals surface area contributed by atoms with Crippen LogP contribution >= 0.6 is 0 Å². The second-order valence-corrected chi connectivity index (χ2v) is 5.06. The van der Waals surface area contributed by atoms with Gasteiger partial charge in [0, 0.05) is 19.7 Å². The molecule has 1 aliphatic heterocycles. The maximum atomic E-state index is 11.9. The Morgan fingerprint density at radius 3 is 2.85 bits per heavy atom. The molecular weight excluding hydrogens is 262 g/mol. The van der Waals surface area contributed by atoms with Crippen molar-refractivity contribution in [3.05, 3.63) is 20.8 Å². The largest absolute Gasteiger partial charge is 0.383 e. The van der Waals surface area contributed by atoms with Crippen LogP contribution in [0.25, 0.3) is 0 Å². The molecule has 1 aromatic heterocycles. The van der Waals surface area contributed by atoms with Crippen molar-refractivity contribution >= 4 is 11.5 Å². The molecule has 8 heteroatoms. The van der Waals surface area contributed by atoms with Gasteiger partial charge in [0.05, 0.1) is 13.2 Å². The predicted octanol–water partition coefficient (Wildman–Crippen LogP) is -1.12. The summed E-state index contributed by atoms with van der Waals surface area (Å²) in [5, 5.41) is 3.14. The van der Waals surface area contributed by atoms with Crippen LogP contribution in [0.1, 0.15) is 6.42 Å². The highest BCUT2D eigenvalue weighted by atomic mass is 16.5. The molecule has 0 amide bonds. The zero-order chi connectivity index (χ0) is 14.7. The lowest BCUT2D eigenvalue weighted by molar-refractivity contribution is 0.186. The average molecular weight is 283 g/mol. The van der Waals surface area contributed by atoms with Crippen molar-refractivity contribution in [2.24, 2.45) is 0 Å². The van der Waals surface area contributed by atoms with Gasteiger partial charge in [-0.2, -0.15) is 0 Å². The highest BCUT2D eigenvalue weighted by Gasteiger charge is 2.22. The number of methoxy groups -OCH3 is 1. The maximum Gasteiger partial charge on any atom is 0.330 e. The van der Waals surface area contributed by atoms with Gasteiger partial charge < -0.3 is 20.7 Å². The number of nitrogen functional groups attached to an aromatic ring is 1. The summed E-state index contributed by atoms with van der Waals surface area (Å²) in [7, 11) is 3.56. The Morgan fingerprint density at radius 1 is 1.50 bits per heavy atom. The van der Waals surface area contributed by atoms with Crippen LogP contribution in [-0.2, 0) is 11.3 Å². The monoisotopic (exact) mass is 283 g/mol. The second-order valence-electron chi connectivity index (χ2n) is 5.06. The fourth-order valence-electron chi connectivity index (χ4n) is 2.39. The Morgan fingerprint density at radius 2 is 2.25 bits per heavy atom. The predicted molar refractivity (Wildman–Crippen MR) is 77.1 cm³/mol. The Kier molecular flexibility index (Phi) is 4.46. The topological polar surface area (TPSA) is 105 Å². The molecule has 1 aliphatic rings. The van der Waals surface area contributed by atoms with Crippen molar-refractivity contribution in [1.82, 2.24) is 14.5 Å². The average Bonchev–Trinajstić information content (AvgIpc) is 2.80. The number of H-pyrrole nitrogens is 1. The van der Waals surface area contributed by atoms with E-state index in [0.29, 0.717) is 13.2 Å². The van der Waals surface area contributed by atoms with Crippen molar-refractivity contribution in [2.45, 2.75) is 19.0 Å². The number of hydrogen-bond donors (Lipinski definition) is 3. The zero-order valence-corrected chi connectivity index (χ0v) is 11.8. The first-order valence-electron chi connectivity index (χ1n) is 6.59. The molecule has 0 aliphatic carbocycles. The van der Waals surface area contributed by atoms with Gasteiger partial charge in [0.1, 0.15) is 11.5 Å². The smallest absolute Gasteiger partial charge is 0.330 e. The normalized spacial score (nSPS) is 19.4. The van der Waals surface area contributed by atoms with Crippen molar-refractivity contribution < 1.29 is 4.74 Å². The summed E-state index contributed by atoms with van der Waals surface area (Å²) in [6.45, 7) is 2.47. The first-order valence-corrected chi connectivity index (χ1v) is 6.59. The second kappa shape index (κ2) is 6.10. The molecule has 0 bridgehead atoms. The zero-order valence-electron chi connectivity index (χ0n) is 11.8. The summed E-state index contributed by atoms with van der Waals surface area (Å²) < 4.78 is 6.25. The quantitative estimate of drug-likeness (QED) is 0.632. The molecule has 1 aromatic rings. The van der Waals surface area contributed by atoms with E-state index in [-0.39, 0.29) is 17.5 Å². The molecule has 0 radical (unpaired) electrons. The minimum absolute atomic E-state index is 0.158. The van der Waals surface area contributed by atoms with Gasteiger partial charge in [-0.25, -0.2) is 4.79 Å². The van der Waals surface area contributed by atoms with Crippen LogP contribution in [0.5, 0.6) is 0 Å². The number of likely N-dealkylation sites (N-methyl/N-ethyl adjacent to an activating group) is 1. The van der Waals surface area contributed by atoms with Crippen LogP contribution in [0.15, 0.2) is 9.59 Å². The number of nitrogens with zero attached hydrogens (tertiary/aromatic N) is 2. The summed E-state index contributed by atoms with van der Waals surface area (Å²) in [6, 6.07) is 0.164. The van der Waals surface area contributed by atoms with Crippen molar-refractivity contribution in [3.8, 4) is 0 Å². The lowest BCUT2D eigenvalue weighted by Crippen LogP contribution is -2.37. The van der Waals surface area contributed by atoms with Gasteiger partial charge in [0.15, 0.2) is 0 Å². The number of anilines is 2. The van der Waals surface area contributed by atoms with Crippen LogP contribution in [0.2, 0.25) is 0 Å². The molecule has 4 N–H and O–H groups in total. The van der Waals surface area contributed by atoms with E-state index < -0.39 is 11.2 Å². The molecule has 1 fully saturated rings. The number of aromatic amines is 1. The number of nitrogens with two attached hydrogens (primary N) is 1. The van der Waals surface area contributed by atoms with Gasteiger partial charge in [-0.05, 0) is 20.0 Å². The van der Waals surface area contributed by atoms with E-state index in [0.717, 1.165) is 19.5 Å². The first-order chi connectivity index (χ1) is 9.52. The van der Waals surface area contributed by atoms with Crippen LogP contribution in [-0.4, -0.2) is 54.3 Å². The Bertz CT molecular complexity index is 579. The molecule has 0 spiro atoms. The molecule has 8 nitrogen and oxygen atoms in total. The molecule has 20 heavy (non-hydrogen) atoms. The van der Waals surface area contributed by atoms with E-state index in [1.807, 2.05) is 7.05 Å². The standard InChI is InChI=1S/C12H21N5O3/c1-16-4-3-8(7-16)14-9-10(13)17(5-6-20-2)12(19)15-11(9)18/h8,14H,3-7,13H2,1-2H3,(H,15,18,19). The van der Waals surface area contributed by atoms with E-state index in [2.05, 4.69) is 15.2 Å².